The number of hydrogen-bond donors (Lipinski definition) is 1. The molecule has 0 saturated heterocycles. The van der Waals surface area contributed by atoms with Gasteiger partial charge in [-0.1, -0.05) is 0 Å². The van der Waals surface area contributed by atoms with Crippen LogP contribution in [-0.2, 0) is 4.79 Å². The molecular weight excluding hydrogens is 237 g/mol. The summed E-state index contributed by atoms with van der Waals surface area (Å²) in [5.74, 6) is -0.919. The van der Waals surface area contributed by atoms with Crippen LogP contribution < -0.4 is 10.5 Å². The van der Waals surface area contributed by atoms with Gasteiger partial charge in [0.15, 0.2) is 6.61 Å². The third-order valence-electron chi connectivity index (χ3n) is 1.60. The first kappa shape index (κ1) is 13.0. The molecule has 0 saturated carbocycles. The van der Waals surface area contributed by atoms with Crippen molar-refractivity contribution in [3.63, 3.8) is 0 Å². The minimum absolute atomic E-state index is 0.206. The van der Waals surface area contributed by atoms with E-state index in [4.69, 9.17) is 5.73 Å². The molecule has 1 aromatic heterocycles. The predicted octanol–water partition coefficient (Wildman–Crippen LogP) is 1.52. The number of carbonyl (C=O) groups is 1. The standard InChI is InChI=1S/C10H9F3N2O2/c11-10(12,13)6-17-9-7(2-1-5-15-9)3-4-8(14)16/h1-5H,6H2,(H2,14,16)/b4-3+. The van der Waals surface area contributed by atoms with Gasteiger partial charge in [0.25, 0.3) is 0 Å². The minimum Gasteiger partial charge on any atom is -0.468 e. The molecule has 0 bridgehead atoms. The summed E-state index contributed by atoms with van der Waals surface area (Å²) in [6.45, 7) is -1.44. The van der Waals surface area contributed by atoms with Crippen LogP contribution in [0, 0.1) is 0 Å². The maximum atomic E-state index is 11.9. The summed E-state index contributed by atoms with van der Waals surface area (Å²) < 4.78 is 40.3. The van der Waals surface area contributed by atoms with Gasteiger partial charge in [-0.25, -0.2) is 4.98 Å². The second-order valence-electron chi connectivity index (χ2n) is 3.04. The number of pyridine rings is 1. The first-order valence-corrected chi connectivity index (χ1v) is 4.50. The van der Waals surface area contributed by atoms with Gasteiger partial charge in [0.05, 0.1) is 0 Å². The zero-order chi connectivity index (χ0) is 12.9. The molecule has 7 heteroatoms. The Morgan fingerprint density at radius 2 is 2.24 bits per heavy atom. The van der Waals surface area contributed by atoms with E-state index in [9.17, 15) is 18.0 Å². The van der Waals surface area contributed by atoms with E-state index < -0.39 is 18.7 Å². The van der Waals surface area contributed by atoms with Gasteiger partial charge in [-0.3, -0.25) is 4.79 Å². The molecule has 0 aromatic carbocycles. The molecular formula is C10H9F3N2O2. The third-order valence-corrected chi connectivity index (χ3v) is 1.60. The molecule has 1 amide bonds. The molecule has 0 aliphatic rings. The number of nitrogens with two attached hydrogens (primary N) is 1. The van der Waals surface area contributed by atoms with E-state index in [0.717, 1.165) is 6.08 Å². The molecule has 1 rings (SSSR count). The van der Waals surface area contributed by atoms with Gasteiger partial charge in [0.2, 0.25) is 11.8 Å². The number of carbonyl (C=O) groups excluding carboxylic acids is 1. The Balaban J connectivity index is 2.81. The van der Waals surface area contributed by atoms with Gasteiger partial charge < -0.3 is 10.5 Å². The largest absolute Gasteiger partial charge is 0.468 e. The Hall–Kier alpha value is -2.05. The van der Waals surface area contributed by atoms with Crippen molar-refractivity contribution in [2.24, 2.45) is 5.73 Å². The molecule has 4 nitrogen and oxygen atoms in total. The number of halogens is 3. The Bertz CT molecular complexity index is 430. The molecule has 1 heterocycles. The van der Waals surface area contributed by atoms with Gasteiger partial charge in [-0.15, -0.1) is 0 Å². The van der Waals surface area contributed by atoms with Gasteiger partial charge in [-0.2, -0.15) is 13.2 Å². The molecule has 0 aliphatic heterocycles. The smallest absolute Gasteiger partial charge is 0.422 e. The fourth-order valence-corrected chi connectivity index (χ4v) is 0.973. The van der Waals surface area contributed by atoms with Gasteiger partial charge in [0, 0.05) is 17.8 Å². The van der Waals surface area contributed by atoms with Gasteiger partial charge in [-0.05, 0) is 18.2 Å². The average molecular weight is 246 g/mol. The van der Waals surface area contributed by atoms with Crippen LogP contribution >= 0.6 is 0 Å². The summed E-state index contributed by atoms with van der Waals surface area (Å²) in [5.41, 5.74) is 5.11. The number of primary amides is 1. The molecule has 0 spiro atoms. The average Bonchev–Trinajstić information content (AvgIpc) is 2.23. The van der Waals surface area contributed by atoms with Crippen molar-refractivity contribution in [1.29, 1.82) is 0 Å². The number of ether oxygens (including phenoxy) is 1. The molecule has 92 valence electrons. The summed E-state index contributed by atoms with van der Waals surface area (Å²) in [6.07, 6.45) is -0.909. The number of alkyl halides is 3. The maximum Gasteiger partial charge on any atom is 0.422 e. The van der Waals surface area contributed by atoms with E-state index in [0.29, 0.717) is 0 Å². The fourth-order valence-electron chi connectivity index (χ4n) is 0.973. The summed E-state index contributed by atoms with van der Waals surface area (Å²) >= 11 is 0. The second kappa shape index (κ2) is 5.33. The third kappa shape index (κ3) is 5.01. The molecule has 0 fully saturated rings. The molecule has 0 atom stereocenters. The fraction of sp³-hybridized carbons (Fsp3) is 0.200. The van der Waals surface area contributed by atoms with Crippen LogP contribution in [0.4, 0.5) is 13.2 Å². The number of aromatic nitrogens is 1. The molecule has 2 N–H and O–H groups in total. The van der Waals surface area contributed by atoms with Crippen LogP contribution in [0.5, 0.6) is 5.88 Å². The highest BCUT2D eigenvalue weighted by atomic mass is 19.4. The van der Waals surface area contributed by atoms with Crippen molar-refractivity contribution in [2.75, 3.05) is 6.61 Å². The minimum atomic E-state index is -4.44. The van der Waals surface area contributed by atoms with E-state index >= 15 is 0 Å². The summed E-state index contributed by atoms with van der Waals surface area (Å²) in [5, 5.41) is 0. The van der Waals surface area contributed by atoms with Crippen molar-refractivity contribution in [2.45, 2.75) is 6.18 Å². The van der Waals surface area contributed by atoms with E-state index in [1.165, 1.54) is 24.4 Å². The van der Waals surface area contributed by atoms with Crippen LogP contribution in [0.1, 0.15) is 5.56 Å². The normalized spacial score (nSPS) is 11.7. The van der Waals surface area contributed by atoms with E-state index in [1.54, 1.807) is 0 Å². The van der Waals surface area contributed by atoms with Crippen LogP contribution in [0.2, 0.25) is 0 Å². The van der Waals surface area contributed by atoms with Crippen molar-refractivity contribution in [3.05, 3.63) is 30.0 Å². The van der Waals surface area contributed by atoms with E-state index in [1.807, 2.05) is 0 Å². The summed E-state index contributed by atoms with van der Waals surface area (Å²) in [6, 6.07) is 2.96. The van der Waals surface area contributed by atoms with Crippen LogP contribution in [0.15, 0.2) is 24.4 Å². The van der Waals surface area contributed by atoms with Crippen LogP contribution in [0.3, 0.4) is 0 Å². The number of amides is 1. The Morgan fingerprint density at radius 3 is 2.82 bits per heavy atom. The molecule has 1 aromatic rings. The summed E-state index contributed by atoms with van der Waals surface area (Å²) in [7, 11) is 0. The lowest BCUT2D eigenvalue weighted by Gasteiger charge is -2.09. The topological polar surface area (TPSA) is 65.2 Å². The number of nitrogens with zero attached hydrogens (tertiary/aromatic N) is 1. The van der Waals surface area contributed by atoms with Crippen molar-refractivity contribution in [3.8, 4) is 5.88 Å². The highest BCUT2D eigenvalue weighted by Gasteiger charge is 2.28. The Labute approximate surface area is 94.9 Å². The van der Waals surface area contributed by atoms with Gasteiger partial charge in [0.1, 0.15) is 0 Å². The van der Waals surface area contributed by atoms with Crippen LogP contribution in [-0.4, -0.2) is 23.7 Å². The lowest BCUT2D eigenvalue weighted by molar-refractivity contribution is -0.154. The first-order valence-electron chi connectivity index (χ1n) is 4.50. The lowest BCUT2D eigenvalue weighted by Crippen LogP contribution is -2.20. The second-order valence-corrected chi connectivity index (χ2v) is 3.04. The zero-order valence-electron chi connectivity index (χ0n) is 8.57. The molecule has 0 radical (unpaired) electrons. The Kier molecular flexibility index (Phi) is 4.08. The first-order chi connectivity index (χ1) is 7.88. The van der Waals surface area contributed by atoms with E-state index in [2.05, 4.69) is 9.72 Å². The Morgan fingerprint density at radius 1 is 1.53 bits per heavy atom. The predicted molar refractivity (Wildman–Crippen MR) is 54.0 cm³/mol. The van der Waals surface area contributed by atoms with E-state index in [-0.39, 0.29) is 11.4 Å². The maximum absolute atomic E-state index is 11.9. The summed E-state index contributed by atoms with van der Waals surface area (Å²) in [4.78, 5) is 14.1. The monoisotopic (exact) mass is 246 g/mol. The zero-order valence-corrected chi connectivity index (χ0v) is 8.57. The molecule has 0 unspecified atom stereocenters. The number of rotatable bonds is 4. The van der Waals surface area contributed by atoms with Crippen molar-refractivity contribution in [1.82, 2.24) is 4.98 Å². The highest BCUT2D eigenvalue weighted by Crippen LogP contribution is 2.20. The molecule has 0 aliphatic carbocycles. The SMILES string of the molecule is NC(=O)/C=C/c1cccnc1OCC(F)(F)F. The van der Waals surface area contributed by atoms with Crippen molar-refractivity contribution >= 4 is 12.0 Å². The van der Waals surface area contributed by atoms with Crippen molar-refractivity contribution < 1.29 is 22.7 Å². The quantitative estimate of drug-likeness (QED) is 0.819. The van der Waals surface area contributed by atoms with Crippen LogP contribution in [0.25, 0.3) is 6.08 Å². The molecule has 17 heavy (non-hydrogen) atoms. The highest BCUT2D eigenvalue weighted by molar-refractivity contribution is 5.90. The number of hydrogen-bond acceptors (Lipinski definition) is 3. The lowest BCUT2D eigenvalue weighted by atomic mass is 10.2. The van der Waals surface area contributed by atoms with Gasteiger partial charge >= 0.3 is 6.18 Å².